The standard InChI is InChI=1S/C24H23F3N6O2/c1-12(15-7-16(24(25,26)27)9-17(28)8-15)30-22-18-10-19(14-5-6-20(35-4)29-11-14)33(3)23(34)21(18)31-13(2)32-22/h5-12H,28H2,1-4H3,(H,30,31,32)/t12-/m1/s1. The van der Waals surface area contributed by atoms with Crippen LogP contribution in [0.25, 0.3) is 22.2 Å². The van der Waals surface area contributed by atoms with Crippen LogP contribution in [0.15, 0.2) is 47.4 Å². The number of fused-ring (bicyclic) bond motifs is 1. The molecule has 0 saturated heterocycles. The fraction of sp³-hybridized carbons (Fsp3) is 0.250. The van der Waals surface area contributed by atoms with Crippen molar-refractivity contribution in [3.63, 3.8) is 0 Å². The van der Waals surface area contributed by atoms with E-state index < -0.39 is 17.8 Å². The fourth-order valence-corrected chi connectivity index (χ4v) is 3.80. The van der Waals surface area contributed by atoms with Gasteiger partial charge in [-0.05, 0) is 49.7 Å². The zero-order valence-corrected chi connectivity index (χ0v) is 19.4. The number of nitrogens with two attached hydrogens (primary N) is 1. The molecule has 0 spiro atoms. The second-order valence-corrected chi connectivity index (χ2v) is 8.12. The van der Waals surface area contributed by atoms with Gasteiger partial charge in [0.1, 0.15) is 17.2 Å². The second kappa shape index (κ2) is 8.90. The number of halogens is 3. The molecule has 3 N–H and O–H groups in total. The van der Waals surface area contributed by atoms with Gasteiger partial charge in [0, 0.05) is 30.6 Å². The molecular weight excluding hydrogens is 461 g/mol. The van der Waals surface area contributed by atoms with Crippen LogP contribution in [0.5, 0.6) is 5.88 Å². The number of nitrogen functional groups attached to an aromatic ring is 1. The van der Waals surface area contributed by atoms with E-state index in [0.29, 0.717) is 39.7 Å². The van der Waals surface area contributed by atoms with Crippen molar-refractivity contribution in [3.05, 3.63) is 69.9 Å². The van der Waals surface area contributed by atoms with Crippen molar-refractivity contribution in [3.8, 4) is 17.1 Å². The Kier molecular flexibility index (Phi) is 6.10. The van der Waals surface area contributed by atoms with Crippen LogP contribution in [-0.2, 0) is 13.2 Å². The minimum absolute atomic E-state index is 0.00429. The van der Waals surface area contributed by atoms with Crippen LogP contribution in [0.4, 0.5) is 24.7 Å². The molecule has 0 aliphatic heterocycles. The van der Waals surface area contributed by atoms with E-state index in [2.05, 4.69) is 20.3 Å². The molecule has 0 fully saturated rings. The summed E-state index contributed by atoms with van der Waals surface area (Å²) in [5.74, 6) is 1.08. The minimum atomic E-state index is -4.53. The first kappa shape index (κ1) is 24.0. The van der Waals surface area contributed by atoms with Gasteiger partial charge in [-0.2, -0.15) is 13.2 Å². The lowest BCUT2D eigenvalue weighted by atomic mass is 10.0. The largest absolute Gasteiger partial charge is 0.481 e. The number of pyridine rings is 2. The number of nitrogens with one attached hydrogen (secondary N) is 1. The van der Waals surface area contributed by atoms with Crippen molar-refractivity contribution >= 4 is 22.4 Å². The van der Waals surface area contributed by atoms with Gasteiger partial charge in [0.05, 0.1) is 29.8 Å². The average Bonchev–Trinajstić information content (AvgIpc) is 2.81. The van der Waals surface area contributed by atoms with Crippen LogP contribution < -0.4 is 21.3 Å². The van der Waals surface area contributed by atoms with Crippen LogP contribution >= 0.6 is 0 Å². The molecule has 3 heterocycles. The molecule has 1 aromatic carbocycles. The lowest BCUT2D eigenvalue weighted by Crippen LogP contribution is -2.21. The Balaban J connectivity index is 1.83. The molecule has 0 radical (unpaired) electrons. The van der Waals surface area contributed by atoms with Crippen molar-refractivity contribution in [2.45, 2.75) is 26.1 Å². The predicted molar refractivity (Wildman–Crippen MR) is 127 cm³/mol. The Morgan fingerprint density at radius 1 is 1.14 bits per heavy atom. The fourth-order valence-electron chi connectivity index (χ4n) is 3.80. The minimum Gasteiger partial charge on any atom is -0.481 e. The maximum Gasteiger partial charge on any atom is 0.416 e. The Morgan fingerprint density at radius 2 is 1.89 bits per heavy atom. The molecule has 4 aromatic rings. The van der Waals surface area contributed by atoms with Crippen LogP contribution in [0, 0.1) is 6.92 Å². The van der Waals surface area contributed by atoms with Gasteiger partial charge in [0.15, 0.2) is 0 Å². The Hall–Kier alpha value is -4.15. The van der Waals surface area contributed by atoms with Crippen molar-refractivity contribution in [1.29, 1.82) is 0 Å². The van der Waals surface area contributed by atoms with Crippen molar-refractivity contribution in [2.24, 2.45) is 7.05 Å². The molecule has 0 aliphatic carbocycles. The Labute approximate surface area is 198 Å². The predicted octanol–water partition coefficient (Wildman–Crippen LogP) is 4.48. The summed E-state index contributed by atoms with van der Waals surface area (Å²) in [7, 11) is 3.13. The molecule has 35 heavy (non-hydrogen) atoms. The third kappa shape index (κ3) is 4.75. The molecule has 0 aliphatic rings. The normalized spacial score (nSPS) is 12.5. The monoisotopic (exact) mass is 484 g/mol. The number of ether oxygens (including phenoxy) is 1. The molecule has 1 atom stereocenters. The average molecular weight is 484 g/mol. The highest BCUT2D eigenvalue weighted by molar-refractivity contribution is 5.91. The first-order valence-electron chi connectivity index (χ1n) is 10.6. The van der Waals surface area contributed by atoms with Gasteiger partial charge in [-0.1, -0.05) is 0 Å². The van der Waals surface area contributed by atoms with E-state index in [1.165, 1.54) is 17.7 Å². The van der Waals surface area contributed by atoms with E-state index in [0.717, 1.165) is 12.1 Å². The summed E-state index contributed by atoms with van der Waals surface area (Å²) in [5.41, 5.74) is 6.27. The van der Waals surface area contributed by atoms with Crippen molar-refractivity contribution in [2.75, 3.05) is 18.2 Å². The van der Waals surface area contributed by atoms with E-state index >= 15 is 0 Å². The first-order valence-corrected chi connectivity index (χ1v) is 10.6. The van der Waals surface area contributed by atoms with Crippen LogP contribution in [0.2, 0.25) is 0 Å². The summed E-state index contributed by atoms with van der Waals surface area (Å²) < 4.78 is 46.4. The molecule has 3 aromatic heterocycles. The zero-order valence-electron chi connectivity index (χ0n) is 19.4. The van der Waals surface area contributed by atoms with E-state index in [4.69, 9.17) is 10.5 Å². The number of alkyl halides is 3. The smallest absolute Gasteiger partial charge is 0.416 e. The summed E-state index contributed by atoms with van der Waals surface area (Å²) in [6.45, 7) is 3.33. The lowest BCUT2D eigenvalue weighted by molar-refractivity contribution is -0.137. The molecule has 11 heteroatoms. The van der Waals surface area contributed by atoms with Gasteiger partial charge < -0.3 is 20.4 Å². The van der Waals surface area contributed by atoms with Crippen LogP contribution in [-0.4, -0.2) is 26.6 Å². The second-order valence-electron chi connectivity index (χ2n) is 8.12. The number of aromatic nitrogens is 4. The molecule has 0 amide bonds. The van der Waals surface area contributed by atoms with E-state index in [9.17, 15) is 18.0 Å². The van der Waals surface area contributed by atoms with E-state index in [1.807, 2.05) is 0 Å². The molecule has 182 valence electrons. The van der Waals surface area contributed by atoms with Gasteiger partial charge in [0.25, 0.3) is 5.56 Å². The quantitative estimate of drug-likeness (QED) is 0.402. The third-order valence-corrected chi connectivity index (χ3v) is 5.61. The highest BCUT2D eigenvalue weighted by Gasteiger charge is 2.31. The highest BCUT2D eigenvalue weighted by atomic mass is 19.4. The number of rotatable bonds is 5. The molecular formula is C24H23F3N6O2. The number of hydrogen-bond acceptors (Lipinski definition) is 7. The lowest BCUT2D eigenvalue weighted by Gasteiger charge is -2.19. The van der Waals surface area contributed by atoms with E-state index in [1.54, 1.807) is 45.3 Å². The van der Waals surface area contributed by atoms with Crippen LogP contribution in [0.3, 0.4) is 0 Å². The molecule has 8 nitrogen and oxygen atoms in total. The molecule has 0 saturated carbocycles. The number of methoxy groups -OCH3 is 1. The van der Waals surface area contributed by atoms with Gasteiger partial charge in [-0.15, -0.1) is 0 Å². The molecule has 0 bridgehead atoms. The summed E-state index contributed by atoms with van der Waals surface area (Å²) in [5, 5.41) is 3.56. The maximum absolute atomic E-state index is 13.3. The third-order valence-electron chi connectivity index (χ3n) is 5.61. The molecule has 0 unspecified atom stereocenters. The van der Waals surface area contributed by atoms with Gasteiger partial charge >= 0.3 is 6.18 Å². The van der Waals surface area contributed by atoms with Crippen molar-refractivity contribution < 1.29 is 17.9 Å². The Morgan fingerprint density at radius 3 is 2.51 bits per heavy atom. The van der Waals surface area contributed by atoms with Gasteiger partial charge in [-0.25, -0.2) is 15.0 Å². The summed E-state index contributed by atoms with van der Waals surface area (Å²) >= 11 is 0. The number of hydrogen-bond donors (Lipinski definition) is 2. The van der Waals surface area contributed by atoms with Crippen LogP contribution in [0.1, 0.15) is 29.9 Å². The SMILES string of the molecule is COc1ccc(-c2cc3c(N[C@H](C)c4cc(N)cc(C(F)(F)F)c4)nc(C)nc3c(=O)n2C)cn1. The summed E-state index contributed by atoms with van der Waals surface area (Å²) in [6, 6.07) is 7.98. The molecule has 4 rings (SSSR count). The van der Waals surface area contributed by atoms with Crippen molar-refractivity contribution in [1.82, 2.24) is 19.5 Å². The number of aryl methyl sites for hydroxylation is 1. The maximum atomic E-state index is 13.3. The number of benzene rings is 1. The van der Waals surface area contributed by atoms with Gasteiger partial charge in [-0.3, -0.25) is 4.79 Å². The number of nitrogens with zero attached hydrogens (tertiary/aromatic N) is 4. The first-order chi connectivity index (χ1) is 16.5. The van der Waals surface area contributed by atoms with E-state index in [-0.39, 0.29) is 16.8 Å². The zero-order chi connectivity index (χ0) is 25.5. The van der Waals surface area contributed by atoms with Gasteiger partial charge in [0.2, 0.25) is 5.88 Å². The Bertz CT molecular complexity index is 1470. The number of anilines is 2. The summed E-state index contributed by atoms with van der Waals surface area (Å²) in [4.78, 5) is 26.1. The topological polar surface area (TPSA) is 108 Å². The highest BCUT2D eigenvalue weighted by Crippen LogP contribution is 2.34. The summed E-state index contributed by atoms with van der Waals surface area (Å²) in [6.07, 6.45) is -2.95.